The van der Waals surface area contributed by atoms with Crippen LogP contribution in [0.5, 0.6) is 0 Å². The molecule has 204 valence electrons. The van der Waals surface area contributed by atoms with Crippen molar-refractivity contribution in [3.63, 3.8) is 0 Å². The molecule has 38 heavy (non-hydrogen) atoms. The molecule has 0 radical (unpaired) electrons. The van der Waals surface area contributed by atoms with E-state index in [0.29, 0.717) is 24.0 Å². The Morgan fingerprint density at radius 2 is 1.61 bits per heavy atom. The maximum absolute atomic E-state index is 13.4. The normalized spacial score (nSPS) is 19.8. The monoisotopic (exact) mass is 557 g/mol. The van der Waals surface area contributed by atoms with Gasteiger partial charge in [0.05, 0.1) is 15.8 Å². The fraction of sp³-hybridized carbons (Fsp3) is 0.393. The first-order chi connectivity index (χ1) is 18.0. The second-order valence-electron chi connectivity index (χ2n) is 10.1. The number of nitrogens with one attached hydrogen (secondary N) is 2. The lowest BCUT2D eigenvalue weighted by molar-refractivity contribution is 0.0799. The largest absolute Gasteiger partial charge is 0.347 e. The summed E-state index contributed by atoms with van der Waals surface area (Å²) in [6, 6.07) is 18.3. The zero-order valence-electron chi connectivity index (χ0n) is 21.9. The lowest BCUT2D eigenvalue weighted by atomic mass is 9.97. The molecule has 0 aliphatic carbocycles. The summed E-state index contributed by atoms with van der Waals surface area (Å²) in [6.45, 7) is 4.73. The predicted molar refractivity (Wildman–Crippen MR) is 149 cm³/mol. The van der Waals surface area contributed by atoms with Crippen LogP contribution >= 0.6 is 0 Å². The molecule has 1 aliphatic heterocycles. The molecule has 3 atom stereocenters. The minimum absolute atomic E-state index is 0.0149. The summed E-state index contributed by atoms with van der Waals surface area (Å²) in [7, 11) is -7.36. The van der Waals surface area contributed by atoms with Crippen molar-refractivity contribution in [2.24, 2.45) is 0 Å². The summed E-state index contributed by atoms with van der Waals surface area (Å²) in [4.78, 5) is 15.7. The number of amides is 1. The van der Waals surface area contributed by atoms with E-state index in [1.165, 1.54) is 18.2 Å². The average molecular weight is 558 g/mol. The van der Waals surface area contributed by atoms with Crippen LogP contribution in [-0.4, -0.2) is 65.1 Å². The summed E-state index contributed by atoms with van der Waals surface area (Å²) >= 11 is 0. The number of sulfone groups is 1. The number of carbonyl (C=O) groups is 1. The Morgan fingerprint density at radius 3 is 2.32 bits per heavy atom. The summed E-state index contributed by atoms with van der Waals surface area (Å²) < 4.78 is 53.5. The molecular weight excluding hydrogens is 522 g/mol. The van der Waals surface area contributed by atoms with Crippen molar-refractivity contribution in [2.75, 3.05) is 19.3 Å². The van der Waals surface area contributed by atoms with Gasteiger partial charge in [-0.25, -0.2) is 21.6 Å². The summed E-state index contributed by atoms with van der Waals surface area (Å²) in [5, 5.41) is 4.40. The van der Waals surface area contributed by atoms with Crippen molar-refractivity contribution >= 4 is 36.5 Å². The third-order valence-corrected chi connectivity index (χ3v) is 9.82. The van der Waals surface area contributed by atoms with Crippen LogP contribution in [0.3, 0.4) is 0 Å². The van der Waals surface area contributed by atoms with Crippen LogP contribution in [0.4, 0.5) is 0 Å². The Morgan fingerprint density at radius 1 is 0.947 bits per heavy atom. The van der Waals surface area contributed by atoms with E-state index in [1.807, 2.05) is 18.2 Å². The Bertz CT molecular complexity index is 1510. The molecule has 0 spiro atoms. The minimum Gasteiger partial charge on any atom is -0.347 e. The smallest absolute Gasteiger partial charge is 0.251 e. The Labute approximate surface area is 225 Å². The number of sulfonamides is 1. The van der Waals surface area contributed by atoms with Crippen molar-refractivity contribution in [1.82, 2.24) is 14.9 Å². The second kappa shape index (κ2) is 11.5. The van der Waals surface area contributed by atoms with Crippen molar-refractivity contribution < 1.29 is 21.6 Å². The molecule has 0 aromatic heterocycles. The van der Waals surface area contributed by atoms with E-state index in [4.69, 9.17) is 0 Å². The van der Waals surface area contributed by atoms with Gasteiger partial charge in [-0.3, -0.25) is 9.69 Å². The highest BCUT2D eigenvalue weighted by Gasteiger charge is 2.29. The van der Waals surface area contributed by atoms with E-state index >= 15 is 0 Å². The van der Waals surface area contributed by atoms with Crippen LogP contribution < -0.4 is 10.0 Å². The molecule has 3 aromatic rings. The van der Waals surface area contributed by atoms with Gasteiger partial charge in [0.2, 0.25) is 10.0 Å². The van der Waals surface area contributed by atoms with Crippen molar-refractivity contribution in [2.45, 2.75) is 61.0 Å². The molecule has 1 amide bonds. The van der Waals surface area contributed by atoms with Crippen LogP contribution in [0.2, 0.25) is 0 Å². The van der Waals surface area contributed by atoms with E-state index in [-0.39, 0.29) is 21.9 Å². The molecule has 1 aliphatic rings. The van der Waals surface area contributed by atoms with E-state index in [0.717, 1.165) is 30.9 Å². The molecule has 1 saturated heterocycles. The van der Waals surface area contributed by atoms with Crippen molar-refractivity contribution in [3.8, 4) is 0 Å². The number of fused-ring (bicyclic) bond motifs is 1. The molecule has 4 rings (SSSR count). The minimum atomic E-state index is -3.88. The number of likely N-dealkylation sites (tertiary alicyclic amines) is 1. The zero-order valence-corrected chi connectivity index (χ0v) is 23.6. The van der Waals surface area contributed by atoms with Crippen LogP contribution in [0, 0.1) is 0 Å². The first kappa shape index (κ1) is 28.2. The standard InChI is InChI=1S/C28H35N3O5S2/c1-20-9-6-10-21(2)31(20)19-24(30-28(32)23-13-7-14-25(17-23)37(3,33)34)18-29-38(35,36)27-16-8-12-22-11-4-5-15-26(22)27/h4-5,7-8,11-17,20-21,24,29H,6,9-10,18-19H2,1-3H3,(H,30,32)/t20-,21+,24-/m0/s1. The van der Waals surface area contributed by atoms with Gasteiger partial charge in [0.1, 0.15) is 0 Å². The number of piperidine rings is 1. The SMILES string of the molecule is C[C@@H]1CCC[C@H](C)N1C[C@H](CNS(=O)(=O)c1cccc2ccccc12)NC(=O)c1cccc(S(C)(=O)=O)c1. The summed E-state index contributed by atoms with van der Waals surface area (Å²) in [5.74, 6) is -0.456. The third kappa shape index (κ3) is 6.61. The van der Waals surface area contributed by atoms with Crippen LogP contribution in [0.15, 0.2) is 76.5 Å². The molecule has 8 nitrogen and oxygen atoms in total. The first-order valence-corrected chi connectivity index (χ1v) is 16.2. The predicted octanol–water partition coefficient (Wildman–Crippen LogP) is 3.58. The Kier molecular flexibility index (Phi) is 8.56. The molecule has 10 heteroatoms. The van der Waals surface area contributed by atoms with E-state index < -0.39 is 31.8 Å². The number of hydrogen-bond acceptors (Lipinski definition) is 6. The van der Waals surface area contributed by atoms with Crippen LogP contribution in [0.1, 0.15) is 43.5 Å². The number of benzene rings is 3. The molecule has 3 aromatic carbocycles. The number of hydrogen-bond donors (Lipinski definition) is 2. The van der Waals surface area contributed by atoms with Gasteiger partial charge < -0.3 is 5.32 Å². The Balaban J connectivity index is 1.58. The van der Waals surface area contributed by atoms with Crippen molar-refractivity contribution in [3.05, 3.63) is 72.3 Å². The van der Waals surface area contributed by atoms with Gasteiger partial charge in [-0.05, 0) is 56.3 Å². The fourth-order valence-electron chi connectivity index (χ4n) is 5.11. The molecule has 1 heterocycles. The van der Waals surface area contributed by atoms with Gasteiger partial charge in [-0.2, -0.15) is 0 Å². The van der Waals surface area contributed by atoms with Gasteiger partial charge in [-0.1, -0.05) is 48.9 Å². The van der Waals surface area contributed by atoms with Crippen LogP contribution in [-0.2, 0) is 19.9 Å². The number of carbonyl (C=O) groups excluding carboxylic acids is 1. The first-order valence-electron chi connectivity index (χ1n) is 12.8. The highest BCUT2D eigenvalue weighted by molar-refractivity contribution is 7.90. The lowest BCUT2D eigenvalue weighted by Crippen LogP contribution is -2.54. The van der Waals surface area contributed by atoms with Gasteiger partial charge in [-0.15, -0.1) is 0 Å². The Hall–Kier alpha value is -2.79. The number of nitrogens with zero attached hydrogens (tertiary/aromatic N) is 1. The van der Waals surface area contributed by atoms with Gasteiger partial charge in [0, 0.05) is 42.4 Å². The van der Waals surface area contributed by atoms with Crippen molar-refractivity contribution in [1.29, 1.82) is 0 Å². The zero-order chi connectivity index (χ0) is 27.5. The average Bonchev–Trinajstić information content (AvgIpc) is 2.88. The van der Waals surface area contributed by atoms with Gasteiger partial charge >= 0.3 is 0 Å². The van der Waals surface area contributed by atoms with E-state index in [2.05, 4.69) is 28.8 Å². The summed E-state index contributed by atoms with van der Waals surface area (Å²) in [5.41, 5.74) is 0.203. The van der Waals surface area contributed by atoms with E-state index in [9.17, 15) is 21.6 Å². The molecule has 0 bridgehead atoms. The maximum atomic E-state index is 13.4. The topological polar surface area (TPSA) is 113 Å². The van der Waals surface area contributed by atoms with E-state index in [1.54, 1.807) is 30.3 Å². The second-order valence-corrected chi connectivity index (χ2v) is 13.9. The molecule has 0 saturated carbocycles. The van der Waals surface area contributed by atoms with Gasteiger partial charge in [0.25, 0.3) is 5.91 Å². The highest BCUT2D eigenvalue weighted by atomic mass is 32.2. The molecule has 1 fully saturated rings. The lowest BCUT2D eigenvalue weighted by Gasteiger charge is -2.41. The number of rotatable bonds is 9. The highest BCUT2D eigenvalue weighted by Crippen LogP contribution is 2.24. The molecule has 0 unspecified atom stereocenters. The quantitative estimate of drug-likeness (QED) is 0.416. The summed E-state index contributed by atoms with van der Waals surface area (Å²) in [6.07, 6.45) is 4.28. The maximum Gasteiger partial charge on any atom is 0.251 e. The molecule has 2 N–H and O–H groups in total. The van der Waals surface area contributed by atoms with Crippen LogP contribution in [0.25, 0.3) is 10.8 Å². The third-order valence-electron chi connectivity index (χ3n) is 7.23. The van der Waals surface area contributed by atoms with Gasteiger partial charge in [0.15, 0.2) is 9.84 Å². The fourth-order valence-corrected chi connectivity index (χ4v) is 7.08. The molecular formula is C28H35N3O5S2.